The van der Waals surface area contributed by atoms with Crippen molar-refractivity contribution in [2.75, 3.05) is 13.1 Å². The molecule has 2 saturated carbocycles. The number of urea groups is 1. The zero-order valence-electron chi connectivity index (χ0n) is 11.8. The molecule has 0 saturated heterocycles. The molecule has 2 aliphatic carbocycles. The molecule has 0 aromatic rings. The van der Waals surface area contributed by atoms with E-state index in [4.69, 9.17) is 5.11 Å². The fourth-order valence-corrected chi connectivity index (χ4v) is 2.29. The first kappa shape index (κ1) is 14.2. The van der Waals surface area contributed by atoms with Crippen LogP contribution >= 0.6 is 0 Å². The highest BCUT2D eigenvalue weighted by Crippen LogP contribution is 2.32. The van der Waals surface area contributed by atoms with Gasteiger partial charge in [0.2, 0.25) is 0 Å². The first-order chi connectivity index (χ1) is 8.99. The number of aliphatic carboxylic acids is 1. The minimum Gasteiger partial charge on any atom is -0.481 e. The lowest BCUT2D eigenvalue weighted by Crippen LogP contribution is -2.48. The molecule has 0 aromatic heterocycles. The van der Waals surface area contributed by atoms with Crippen LogP contribution in [0.5, 0.6) is 0 Å². The lowest BCUT2D eigenvalue weighted by molar-refractivity contribution is -0.137. The van der Waals surface area contributed by atoms with Gasteiger partial charge in [0.05, 0.1) is 6.42 Å². The SMILES string of the molecule is CC(C)N(CC1CC1)C(=O)N(CCC(=O)O)C1CC1. The van der Waals surface area contributed by atoms with Crippen molar-refractivity contribution in [1.29, 1.82) is 0 Å². The third-order valence-electron chi connectivity index (χ3n) is 3.82. The van der Waals surface area contributed by atoms with Crippen molar-refractivity contribution in [3.8, 4) is 0 Å². The zero-order valence-corrected chi connectivity index (χ0v) is 11.8. The molecule has 0 heterocycles. The molecule has 2 rings (SSSR count). The van der Waals surface area contributed by atoms with Gasteiger partial charge >= 0.3 is 12.0 Å². The van der Waals surface area contributed by atoms with E-state index in [2.05, 4.69) is 0 Å². The first-order valence-electron chi connectivity index (χ1n) is 7.28. The van der Waals surface area contributed by atoms with E-state index in [1.807, 2.05) is 18.7 Å². The second-order valence-electron chi connectivity index (χ2n) is 6.04. The van der Waals surface area contributed by atoms with Crippen molar-refractivity contribution >= 4 is 12.0 Å². The normalized spacial score (nSPS) is 18.5. The van der Waals surface area contributed by atoms with E-state index in [9.17, 15) is 9.59 Å². The molecule has 0 spiro atoms. The zero-order chi connectivity index (χ0) is 14.0. The summed E-state index contributed by atoms with van der Waals surface area (Å²) in [6.07, 6.45) is 4.50. The van der Waals surface area contributed by atoms with Crippen LogP contribution in [0.25, 0.3) is 0 Å². The van der Waals surface area contributed by atoms with Gasteiger partial charge in [0.1, 0.15) is 0 Å². The summed E-state index contributed by atoms with van der Waals surface area (Å²) in [6, 6.07) is 0.483. The second kappa shape index (κ2) is 5.80. The van der Waals surface area contributed by atoms with Crippen LogP contribution in [0.3, 0.4) is 0 Å². The number of carbonyl (C=O) groups is 2. The van der Waals surface area contributed by atoms with Crippen LogP contribution in [0.4, 0.5) is 4.79 Å². The maximum atomic E-state index is 12.6. The van der Waals surface area contributed by atoms with Gasteiger partial charge in [-0.1, -0.05) is 0 Å². The number of amides is 2. The van der Waals surface area contributed by atoms with E-state index in [1.54, 1.807) is 4.90 Å². The lowest BCUT2D eigenvalue weighted by Gasteiger charge is -2.33. The van der Waals surface area contributed by atoms with Crippen LogP contribution < -0.4 is 0 Å². The van der Waals surface area contributed by atoms with E-state index in [1.165, 1.54) is 12.8 Å². The van der Waals surface area contributed by atoms with Crippen molar-refractivity contribution < 1.29 is 14.7 Å². The molecule has 0 aromatic carbocycles. The summed E-state index contributed by atoms with van der Waals surface area (Å²) in [4.78, 5) is 27.0. The maximum absolute atomic E-state index is 12.6. The Hall–Kier alpha value is -1.26. The van der Waals surface area contributed by atoms with Gasteiger partial charge in [-0.2, -0.15) is 0 Å². The van der Waals surface area contributed by atoms with Gasteiger partial charge in [-0.05, 0) is 45.4 Å². The number of carboxylic acid groups (broad SMARTS) is 1. The van der Waals surface area contributed by atoms with Crippen LogP contribution in [0.1, 0.15) is 46.0 Å². The third-order valence-corrected chi connectivity index (χ3v) is 3.82. The second-order valence-corrected chi connectivity index (χ2v) is 6.04. The molecule has 2 fully saturated rings. The fourth-order valence-electron chi connectivity index (χ4n) is 2.29. The Balaban J connectivity index is 1.96. The van der Waals surface area contributed by atoms with Gasteiger partial charge in [-0.3, -0.25) is 4.79 Å². The van der Waals surface area contributed by atoms with Crippen molar-refractivity contribution in [1.82, 2.24) is 9.80 Å². The molecule has 2 aliphatic rings. The number of nitrogens with zero attached hydrogens (tertiary/aromatic N) is 2. The monoisotopic (exact) mass is 268 g/mol. The first-order valence-corrected chi connectivity index (χ1v) is 7.28. The molecule has 0 unspecified atom stereocenters. The number of carbonyl (C=O) groups excluding carboxylic acids is 1. The summed E-state index contributed by atoms with van der Waals surface area (Å²) < 4.78 is 0. The van der Waals surface area contributed by atoms with Crippen LogP contribution in [0.2, 0.25) is 0 Å². The minimum absolute atomic E-state index is 0.0330. The summed E-state index contributed by atoms with van der Waals surface area (Å²) in [6.45, 7) is 5.23. The quantitative estimate of drug-likeness (QED) is 0.769. The topological polar surface area (TPSA) is 60.9 Å². The molecule has 2 amide bonds. The molecule has 19 heavy (non-hydrogen) atoms. The predicted molar refractivity (Wildman–Crippen MR) is 71.9 cm³/mol. The standard InChI is InChI=1S/C14H24N2O3/c1-10(2)16(9-11-3-4-11)14(19)15(12-5-6-12)8-7-13(17)18/h10-12H,3-9H2,1-2H3,(H,17,18). The molecule has 0 bridgehead atoms. The summed E-state index contributed by atoms with van der Waals surface area (Å²) in [5, 5.41) is 8.80. The van der Waals surface area contributed by atoms with Gasteiger partial charge in [-0.25, -0.2) is 4.79 Å². The maximum Gasteiger partial charge on any atom is 0.320 e. The van der Waals surface area contributed by atoms with E-state index >= 15 is 0 Å². The van der Waals surface area contributed by atoms with Crippen molar-refractivity contribution in [3.63, 3.8) is 0 Å². The van der Waals surface area contributed by atoms with E-state index < -0.39 is 5.97 Å². The van der Waals surface area contributed by atoms with Crippen LogP contribution in [0, 0.1) is 5.92 Å². The smallest absolute Gasteiger partial charge is 0.320 e. The Kier molecular flexibility index (Phi) is 4.32. The van der Waals surface area contributed by atoms with Crippen molar-refractivity contribution in [2.45, 2.75) is 58.0 Å². The Morgan fingerprint density at radius 1 is 1.21 bits per heavy atom. The van der Waals surface area contributed by atoms with E-state index in [0.29, 0.717) is 12.5 Å². The number of carboxylic acids is 1. The lowest BCUT2D eigenvalue weighted by atomic mass is 10.2. The molecule has 0 atom stereocenters. The molecule has 5 heteroatoms. The van der Waals surface area contributed by atoms with Gasteiger partial charge < -0.3 is 14.9 Å². The number of hydrogen-bond acceptors (Lipinski definition) is 2. The molecule has 108 valence electrons. The van der Waals surface area contributed by atoms with Gasteiger partial charge in [0.25, 0.3) is 0 Å². The van der Waals surface area contributed by atoms with Gasteiger partial charge in [0.15, 0.2) is 0 Å². The van der Waals surface area contributed by atoms with Gasteiger partial charge in [-0.15, -0.1) is 0 Å². The molecular weight excluding hydrogens is 244 g/mol. The van der Waals surface area contributed by atoms with Crippen molar-refractivity contribution in [2.24, 2.45) is 5.92 Å². The summed E-state index contributed by atoms with van der Waals surface area (Å²) >= 11 is 0. The molecule has 0 radical (unpaired) electrons. The molecule has 0 aliphatic heterocycles. The Bertz CT molecular complexity index is 349. The minimum atomic E-state index is -0.836. The molecule has 5 nitrogen and oxygen atoms in total. The van der Waals surface area contributed by atoms with Crippen LogP contribution in [0.15, 0.2) is 0 Å². The van der Waals surface area contributed by atoms with Gasteiger partial charge in [0, 0.05) is 25.2 Å². The largest absolute Gasteiger partial charge is 0.481 e. The third kappa shape index (κ3) is 4.11. The van der Waals surface area contributed by atoms with Crippen LogP contribution in [-0.2, 0) is 4.79 Å². The van der Waals surface area contributed by atoms with E-state index in [-0.39, 0.29) is 24.5 Å². The Morgan fingerprint density at radius 3 is 2.26 bits per heavy atom. The summed E-state index contributed by atoms with van der Waals surface area (Å²) in [5.41, 5.74) is 0. The molecule has 1 N–H and O–H groups in total. The fraction of sp³-hybridized carbons (Fsp3) is 0.857. The van der Waals surface area contributed by atoms with E-state index in [0.717, 1.165) is 19.4 Å². The Labute approximate surface area is 114 Å². The highest BCUT2D eigenvalue weighted by molar-refractivity contribution is 5.76. The number of rotatable bonds is 7. The van der Waals surface area contributed by atoms with Crippen molar-refractivity contribution in [3.05, 3.63) is 0 Å². The Morgan fingerprint density at radius 2 is 1.84 bits per heavy atom. The summed E-state index contributed by atoms with van der Waals surface area (Å²) in [7, 11) is 0. The highest BCUT2D eigenvalue weighted by Gasteiger charge is 2.37. The average molecular weight is 268 g/mol. The predicted octanol–water partition coefficient (Wildman–Crippen LogP) is 2.17. The van der Waals surface area contributed by atoms with Crippen LogP contribution in [-0.4, -0.2) is 52.1 Å². The molecular formula is C14H24N2O3. The highest BCUT2D eigenvalue weighted by atomic mass is 16.4. The number of hydrogen-bond donors (Lipinski definition) is 1. The average Bonchev–Trinajstić information content (AvgIpc) is 3.18. The summed E-state index contributed by atoms with van der Waals surface area (Å²) in [5.74, 6) is -0.177.